The highest BCUT2D eigenvalue weighted by atomic mass is 16.1. The largest absolute Gasteiger partial charge is 0.324 e. The van der Waals surface area contributed by atoms with Crippen LogP contribution >= 0.6 is 0 Å². The van der Waals surface area contributed by atoms with Crippen molar-refractivity contribution in [3.8, 4) is 5.82 Å². The Morgan fingerprint density at radius 1 is 1.11 bits per heavy atom. The van der Waals surface area contributed by atoms with Crippen LogP contribution in [0.25, 0.3) is 16.9 Å². The maximum absolute atomic E-state index is 13.2. The zero-order valence-electron chi connectivity index (χ0n) is 20.8. The molecule has 0 amide bonds. The van der Waals surface area contributed by atoms with Crippen molar-refractivity contribution in [2.45, 2.75) is 64.1 Å². The molecule has 0 aliphatic heterocycles. The molecular weight excluding hydrogens is 440 g/mol. The molecular formula is C26H32N8O. The summed E-state index contributed by atoms with van der Waals surface area (Å²) in [6.07, 6.45) is 9.24. The van der Waals surface area contributed by atoms with Crippen LogP contribution in [-0.2, 0) is 12.8 Å². The first kappa shape index (κ1) is 22.0. The molecule has 3 aromatic heterocycles. The van der Waals surface area contributed by atoms with Crippen LogP contribution in [0.15, 0.2) is 41.5 Å². The predicted molar refractivity (Wildman–Crippen MR) is 137 cm³/mol. The summed E-state index contributed by atoms with van der Waals surface area (Å²) in [6.45, 7) is 3.99. The number of nitrogens with zero attached hydrogens (tertiary/aromatic N) is 7. The molecule has 35 heavy (non-hydrogen) atoms. The maximum Gasteiger partial charge on any atom is 0.278 e. The molecule has 1 aromatic carbocycles. The van der Waals surface area contributed by atoms with Crippen molar-refractivity contribution in [1.29, 1.82) is 0 Å². The highest BCUT2D eigenvalue weighted by Gasteiger charge is 2.26. The van der Waals surface area contributed by atoms with Gasteiger partial charge >= 0.3 is 0 Å². The Labute approximate surface area is 204 Å². The van der Waals surface area contributed by atoms with E-state index in [-0.39, 0.29) is 11.6 Å². The zero-order valence-corrected chi connectivity index (χ0v) is 20.8. The summed E-state index contributed by atoms with van der Waals surface area (Å²) in [5.41, 5.74) is 4.20. The molecule has 9 nitrogen and oxygen atoms in total. The van der Waals surface area contributed by atoms with E-state index in [1.54, 1.807) is 10.9 Å². The molecule has 1 atom stereocenters. The van der Waals surface area contributed by atoms with Crippen LogP contribution in [-0.4, -0.2) is 54.1 Å². The van der Waals surface area contributed by atoms with Crippen LogP contribution < -0.4 is 10.9 Å². The molecule has 0 radical (unpaired) electrons. The lowest BCUT2D eigenvalue weighted by Gasteiger charge is -2.30. The van der Waals surface area contributed by atoms with Crippen molar-refractivity contribution in [3.05, 3.63) is 58.1 Å². The van der Waals surface area contributed by atoms with Gasteiger partial charge in [-0.2, -0.15) is 10.1 Å². The van der Waals surface area contributed by atoms with E-state index < -0.39 is 0 Å². The van der Waals surface area contributed by atoms with Crippen LogP contribution in [0.5, 0.6) is 0 Å². The molecule has 9 heteroatoms. The van der Waals surface area contributed by atoms with Gasteiger partial charge in [-0.3, -0.25) is 9.48 Å². The lowest BCUT2D eigenvalue weighted by molar-refractivity contribution is 0.268. The topological polar surface area (TPSA) is 85.8 Å². The molecule has 1 unspecified atom stereocenters. The average molecular weight is 473 g/mol. The first-order valence-electron chi connectivity index (χ1n) is 12.5. The Bertz CT molecular complexity index is 1460. The third-order valence-corrected chi connectivity index (χ3v) is 7.24. The van der Waals surface area contributed by atoms with Crippen LogP contribution in [0, 0.1) is 0 Å². The first-order chi connectivity index (χ1) is 16.9. The molecule has 1 saturated carbocycles. The summed E-state index contributed by atoms with van der Waals surface area (Å²) in [5, 5.41) is 8.63. The lowest BCUT2D eigenvalue weighted by atomic mass is 9.87. The van der Waals surface area contributed by atoms with Gasteiger partial charge in [0.25, 0.3) is 5.56 Å². The fourth-order valence-electron chi connectivity index (χ4n) is 5.11. The Morgan fingerprint density at radius 3 is 2.69 bits per heavy atom. The number of aryl methyl sites for hydroxylation is 1. The Hall–Kier alpha value is -3.46. The van der Waals surface area contributed by atoms with E-state index in [2.05, 4.69) is 47.5 Å². The third-order valence-electron chi connectivity index (χ3n) is 7.24. The van der Waals surface area contributed by atoms with Crippen LogP contribution in [0.3, 0.4) is 0 Å². The van der Waals surface area contributed by atoms with Gasteiger partial charge in [0, 0.05) is 36.2 Å². The molecule has 2 aliphatic rings. The van der Waals surface area contributed by atoms with Gasteiger partial charge in [-0.25, -0.2) is 14.3 Å². The second-order valence-corrected chi connectivity index (χ2v) is 10.3. The number of benzene rings is 1. The van der Waals surface area contributed by atoms with Crippen LogP contribution in [0.1, 0.15) is 56.3 Å². The van der Waals surface area contributed by atoms with Gasteiger partial charge in [0.05, 0.1) is 6.04 Å². The Morgan fingerprint density at radius 2 is 1.94 bits per heavy atom. The molecule has 1 fully saturated rings. The van der Waals surface area contributed by atoms with Crippen LogP contribution in [0.4, 0.5) is 11.6 Å². The van der Waals surface area contributed by atoms with Crippen molar-refractivity contribution >= 4 is 22.7 Å². The number of aromatic nitrogens is 6. The van der Waals surface area contributed by atoms with E-state index in [4.69, 9.17) is 10.1 Å². The Kier molecular flexibility index (Phi) is 5.25. The fourth-order valence-corrected chi connectivity index (χ4v) is 5.11. The predicted octanol–water partition coefficient (Wildman–Crippen LogP) is 3.86. The van der Waals surface area contributed by atoms with E-state index in [1.165, 1.54) is 17.5 Å². The number of rotatable bonds is 6. The van der Waals surface area contributed by atoms with Gasteiger partial charge in [0.1, 0.15) is 5.39 Å². The second kappa shape index (κ2) is 8.34. The molecule has 182 valence electrons. The molecule has 0 spiro atoms. The molecule has 6 rings (SSSR count). The van der Waals surface area contributed by atoms with Crippen molar-refractivity contribution in [2.75, 3.05) is 19.4 Å². The number of hydrogen-bond donors (Lipinski definition) is 1. The normalized spacial score (nSPS) is 17.9. The van der Waals surface area contributed by atoms with Gasteiger partial charge in [0.15, 0.2) is 11.5 Å². The third kappa shape index (κ3) is 3.93. The number of anilines is 2. The van der Waals surface area contributed by atoms with E-state index in [0.717, 1.165) is 31.4 Å². The molecule has 0 bridgehead atoms. The minimum Gasteiger partial charge on any atom is -0.324 e. The van der Waals surface area contributed by atoms with Gasteiger partial charge < -0.3 is 10.2 Å². The van der Waals surface area contributed by atoms with Crippen molar-refractivity contribution in [2.24, 2.45) is 0 Å². The van der Waals surface area contributed by atoms with E-state index >= 15 is 0 Å². The smallest absolute Gasteiger partial charge is 0.278 e. The highest BCUT2D eigenvalue weighted by Crippen LogP contribution is 2.34. The SMILES string of the molecule is CC(C)n1c(=O)c2cnc(Nc3ccc4c(c3)CC(N(C)C)CC4)nc2n1-c1ccn(C2CC2)n1. The Balaban J connectivity index is 1.38. The summed E-state index contributed by atoms with van der Waals surface area (Å²) in [7, 11) is 4.30. The highest BCUT2D eigenvalue weighted by molar-refractivity contribution is 5.77. The standard InChI is InChI=1S/C26H32N8O/c1-16(2)33-25(35)22-15-27-26(29-24(22)34(33)23-11-12-32(30-23)20-9-10-20)28-19-7-5-17-6-8-21(31(3)4)14-18(17)13-19/h5,7,11-13,15-16,20-21H,6,8-10,14H2,1-4H3,(H,27,28,29). The number of fused-ring (bicyclic) bond motifs is 2. The number of hydrogen-bond acceptors (Lipinski definition) is 6. The zero-order chi connectivity index (χ0) is 24.3. The van der Waals surface area contributed by atoms with Gasteiger partial charge in [0.2, 0.25) is 5.95 Å². The van der Waals surface area contributed by atoms with Gasteiger partial charge in [-0.15, -0.1) is 0 Å². The summed E-state index contributed by atoms with van der Waals surface area (Å²) < 4.78 is 5.54. The summed E-state index contributed by atoms with van der Waals surface area (Å²) in [4.78, 5) is 24.8. The fraction of sp³-hybridized carbons (Fsp3) is 0.462. The minimum atomic E-state index is -0.106. The quantitative estimate of drug-likeness (QED) is 0.459. The summed E-state index contributed by atoms with van der Waals surface area (Å²) in [6, 6.07) is 9.44. The second-order valence-electron chi connectivity index (χ2n) is 10.3. The van der Waals surface area contributed by atoms with E-state index in [9.17, 15) is 4.79 Å². The maximum atomic E-state index is 13.2. The molecule has 4 aromatic rings. The van der Waals surface area contributed by atoms with Crippen molar-refractivity contribution < 1.29 is 0 Å². The minimum absolute atomic E-state index is 0.0514. The molecule has 0 saturated heterocycles. The van der Waals surface area contributed by atoms with Crippen molar-refractivity contribution in [3.63, 3.8) is 0 Å². The number of likely N-dealkylation sites (N-methyl/N-ethyl adjacent to an activating group) is 1. The monoisotopic (exact) mass is 472 g/mol. The average Bonchev–Trinajstić information content (AvgIpc) is 3.50. The van der Waals surface area contributed by atoms with E-state index in [1.807, 2.05) is 35.5 Å². The summed E-state index contributed by atoms with van der Waals surface area (Å²) in [5.74, 6) is 1.17. The van der Waals surface area contributed by atoms with Crippen LogP contribution in [0.2, 0.25) is 0 Å². The lowest BCUT2D eigenvalue weighted by Crippen LogP contribution is -2.33. The first-order valence-corrected chi connectivity index (χ1v) is 12.5. The van der Waals surface area contributed by atoms with Gasteiger partial charge in [-0.05, 0) is 83.3 Å². The molecule has 2 aliphatic carbocycles. The molecule has 1 N–H and O–H groups in total. The summed E-state index contributed by atoms with van der Waals surface area (Å²) >= 11 is 0. The molecule has 3 heterocycles. The van der Waals surface area contributed by atoms with Crippen molar-refractivity contribution in [1.82, 2.24) is 34.0 Å². The number of nitrogens with one attached hydrogen (secondary N) is 1. The van der Waals surface area contributed by atoms with Gasteiger partial charge in [-0.1, -0.05) is 6.07 Å². The van der Waals surface area contributed by atoms with E-state index in [0.29, 0.717) is 34.9 Å².